The Morgan fingerprint density at radius 1 is 1.03 bits per heavy atom. The van der Waals surface area contributed by atoms with Crippen LogP contribution in [0.1, 0.15) is 21.6 Å². The highest BCUT2D eigenvalue weighted by molar-refractivity contribution is 7.94. The molecule has 0 unspecified atom stereocenters. The molecule has 0 aliphatic rings. The molecule has 32 heavy (non-hydrogen) atoms. The third-order valence-electron chi connectivity index (χ3n) is 4.10. The predicted octanol–water partition coefficient (Wildman–Crippen LogP) is 6.13. The number of halogens is 7. The Morgan fingerprint density at radius 2 is 1.69 bits per heavy atom. The first kappa shape index (κ1) is 24.2. The van der Waals surface area contributed by atoms with E-state index in [2.05, 4.69) is 4.98 Å². The van der Waals surface area contributed by atoms with Gasteiger partial charge in [0, 0.05) is 18.0 Å². The van der Waals surface area contributed by atoms with Gasteiger partial charge < -0.3 is 0 Å². The van der Waals surface area contributed by atoms with Gasteiger partial charge in [-0.1, -0.05) is 35.3 Å². The second kappa shape index (κ2) is 8.86. The Balaban J connectivity index is 2.14. The smallest absolute Gasteiger partial charge is 0.287 e. The average molecular weight is 528 g/mol. The molecule has 0 saturated heterocycles. The highest BCUT2D eigenvalue weighted by Gasteiger charge is 2.34. The van der Waals surface area contributed by atoms with E-state index in [1.165, 1.54) is 12.1 Å². The van der Waals surface area contributed by atoms with Crippen LogP contribution in [-0.4, -0.2) is 19.2 Å². The molecule has 13 heteroatoms. The number of anilines is 1. The lowest BCUT2D eigenvalue weighted by Gasteiger charge is -2.19. The minimum atomic E-state index is -4.83. The number of benzene rings is 2. The number of sulfonamides is 1. The van der Waals surface area contributed by atoms with E-state index in [0.717, 1.165) is 30.5 Å². The summed E-state index contributed by atoms with van der Waals surface area (Å²) in [6, 6.07) is 7.17. The SMILES string of the molecule is O=C(c1ncc(Cl)cc1N(Cl)S(=O)(=O)c1cccc(C(F)(F)F)c1)c1c(F)cccc1Cl. The van der Waals surface area contributed by atoms with Gasteiger partial charge in [-0.25, -0.2) is 9.37 Å². The molecule has 0 saturated carbocycles. The van der Waals surface area contributed by atoms with Gasteiger partial charge in [0.15, 0.2) is 0 Å². The maximum Gasteiger partial charge on any atom is 0.416 e. The third-order valence-corrected chi connectivity index (χ3v) is 6.82. The fourth-order valence-corrected chi connectivity index (χ4v) is 4.50. The summed E-state index contributed by atoms with van der Waals surface area (Å²) in [6.07, 6.45) is -3.84. The van der Waals surface area contributed by atoms with Crippen LogP contribution >= 0.6 is 35.0 Å². The molecule has 0 amide bonds. The van der Waals surface area contributed by atoms with Crippen molar-refractivity contribution in [1.29, 1.82) is 0 Å². The molecule has 0 atom stereocenters. The van der Waals surface area contributed by atoms with Gasteiger partial charge in [-0.3, -0.25) is 4.79 Å². The van der Waals surface area contributed by atoms with E-state index in [1.54, 1.807) is 0 Å². The summed E-state index contributed by atoms with van der Waals surface area (Å²) in [5, 5.41) is -0.430. The van der Waals surface area contributed by atoms with Crippen molar-refractivity contribution in [2.75, 3.05) is 3.82 Å². The van der Waals surface area contributed by atoms with Gasteiger partial charge in [-0.2, -0.15) is 25.4 Å². The van der Waals surface area contributed by atoms with Crippen molar-refractivity contribution in [2.24, 2.45) is 0 Å². The molecule has 3 aromatic rings. The number of alkyl halides is 3. The third kappa shape index (κ3) is 4.68. The van der Waals surface area contributed by atoms with E-state index in [1.807, 2.05) is 0 Å². The van der Waals surface area contributed by atoms with E-state index in [-0.39, 0.29) is 13.9 Å². The van der Waals surface area contributed by atoms with Crippen LogP contribution in [0.25, 0.3) is 0 Å². The van der Waals surface area contributed by atoms with E-state index in [0.29, 0.717) is 12.1 Å². The minimum Gasteiger partial charge on any atom is -0.287 e. The van der Waals surface area contributed by atoms with Crippen molar-refractivity contribution in [2.45, 2.75) is 11.1 Å². The number of aromatic nitrogens is 1. The molecule has 1 heterocycles. The molecule has 168 valence electrons. The van der Waals surface area contributed by atoms with Crippen molar-refractivity contribution in [3.05, 3.63) is 87.4 Å². The lowest BCUT2D eigenvalue weighted by molar-refractivity contribution is -0.137. The quantitative estimate of drug-likeness (QED) is 0.228. The first-order valence-corrected chi connectivity index (χ1v) is 10.9. The highest BCUT2D eigenvalue weighted by Crippen LogP contribution is 2.35. The molecular weight excluding hydrogens is 519 g/mol. The summed E-state index contributed by atoms with van der Waals surface area (Å²) >= 11 is 17.7. The number of carbonyl (C=O) groups is 1. The van der Waals surface area contributed by atoms with Crippen LogP contribution in [0.15, 0.2) is 59.6 Å². The van der Waals surface area contributed by atoms with Gasteiger partial charge in [0.2, 0.25) is 5.78 Å². The van der Waals surface area contributed by atoms with Crippen molar-refractivity contribution >= 4 is 56.5 Å². The summed E-state index contributed by atoms with van der Waals surface area (Å²) in [5.74, 6) is -2.13. The standard InChI is InChI=1S/C19H9Cl3F4N2O3S/c20-11-8-15(17(27-9-11)18(29)16-13(21)5-2-6-14(16)23)28(22)32(30,31)12-4-1-3-10(7-12)19(24,25)26/h1-9H. The lowest BCUT2D eigenvalue weighted by atomic mass is 10.1. The fourth-order valence-electron chi connectivity index (χ4n) is 2.63. The molecule has 1 aromatic heterocycles. The molecule has 0 N–H and O–H groups in total. The molecule has 5 nitrogen and oxygen atoms in total. The van der Waals surface area contributed by atoms with E-state index in [4.69, 9.17) is 35.0 Å². The van der Waals surface area contributed by atoms with Crippen LogP contribution in [0.2, 0.25) is 10.0 Å². The van der Waals surface area contributed by atoms with Crippen LogP contribution in [0.4, 0.5) is 23.2 Å². The molecular formula is C19H9Cl3F4N2O3S. The molecule has 2 aromatic carbocycles. The minimum absolute atomic E-state index is 0.0172. The van der Waals surface area contributed by atoms with Gasteiger partial charge >= 0.3 is 6.18 Å². The summed E-state index contributed by atoms with van der Waals surface area (Å²) in [6.45, 7) is 0. The topological polar surface area (TPSA) is 67.3 Å². The van der Waals surface area contributed by atoms with E-state index >= 15 is 0 Å². The van der Waals surface area contributed by atoms with E-state index < -0.39 is 55.2 Å². The van der Waals surface area contributed by atoms with Crippen molar-refractivity contribution in [3.63, 3.8) is 0 Å². The van der Waals surface area contributed by atoms with Crippen molar-refractivity contribution < 1.29 is 30.8 Å². The molecule has 0 spiro atoms. The molecule has 0 bridgehead atoms. The normalized spacial score (nSPS) is 12.0. The zero-order chi connectivity index (χ0) is 23.8. The largest absolute Gasteiger partial charge is 0.416 e. The number of hydrogen-bond acceptors (Lipinski definition) is 4. The number of ketones is 1. The van der Waals surface area contributed by atoms with Crippen LogP contribution in [0.3, 0.4) is 0 Å². The summed E-state index contributed by atoms with van der Waals surface area (Å²) in [5.41, 5.74) is -3.10. The molecule has 3 rings (SSSR count). The first-order chi connectivity index (χ1) is 14.8. The first-order valence-electron chi connectivity index (χ1n) is 8.36. The molecule has 0 fully saturated rings. The van der Waals surface area contributed by atoms with Gasteiger partial charge in [-0.05, 0) is 36.4 Å². The second-order valence-electron chi connectivity index (χ2n) is 6.19. The fraction of sp³-hybridized carbons (Fsp3) is 0.0526. The Labute approximate surface area is 194 Å². The van der Waals surface area contributed by atoms with Crippen LogP contribution in [-0.2, 0) is 16.2 Å². The van der Waals surface area contributed by atoms with Crippen LogP contribution < -0.4 is 3.82 Å². The summed E-state index contributed by atoms with van der Waals surface area (Å²) < 4.78 is 79.1. The van der Waals surface area contributed by atoms with Gasteiger partial charge in [0.1, 0.15) is 17.2 Å². The summed E-state index contributed by atoms with van der Waals surface area (Å²) in [7, 11) is -4.83. The number of pyridine rings is 1. The van der Waals surface area contributed by atoms with Crippen LogP contribution in [0.5, 0.6) is 0 Å². The summed E-state index contributed by atoms with van der Waals surface area (Å²) in [4.78, 5) is 15.8. The molecule has 0 aliphatic heterocycles. The van der Waals surface area contributed by atoms with Crippen molar-refractivity contribution in [1.82, 2.24) is 4.98 Å². The Morgan fingerprint density at radius 3 is 2.31 bits per heavy atom. The zero-order valence-corrected chi connectivity index (χ0v) is 18.5. The Kier molecular flexibility index (Phi) is 6.71. The number of carbonyl (C=O) groups excluding carboxylic acids is 1. The highest BCUT2D eigenvalue weighted by atomic mass is 35.5. The van der Waals surface area contributed by atoms with Crippen molar-refractivity contribution in [3.8, 4) is 0 Å². The average Bonchev–Trinajstić information content (AvgIpc) is 2.72. The molecule has 0 radical (unpaired) electrons. The maximum absolute atomic E-state index is 14.2. The van der Waals surface area contributed by atoms with Gasteiger partial charge in [0.25, 0.3) is 10.0 Å². The van der Waals surface area contributed by atoms with Gasteiger partial charge in [-0.15, -0.1) is 0 Å². The number of nitrogens with zero attached hydrogens (tertiary/aromatic N) is 2. The van der Waals surface area contributed by atoms with Crippen LogP contribution in [0, 0.1) is 5.82 Å². The number of hydrogen-bond donors (Lipinski definition) is 0. The number of rotatable bonds is 5. The maximum atomic E-state index is 14.2. The monoisotopic (exact) mass is 526 g/mol. The van der Waals surface area contributed by atoms with E-state index in [9.17, 15) is 30.8 Å². The second-order valence-corrected chi connectivity index (χ2v) is 9.36. The van der Waals surface area contributed by atoms with Gasteiger partial charge in [0.05, 0.1) is 26.1 Å². The predicted molar refractivity (Wildman–Crippen MR) is 111 cm³/mol. The zero-order valence-electron chi connectivity index (χ0n) is 15.4. The molecule has 0 aliphatic carbocycles. The lowest BCUT2D eigenvalue weighted by Crippen LogP contribution is -2.24. The Hall–Kier alpha value is -2.40. The Bertz CT molecular complexity index is 1300.